The molecule has 1 aromatic carbocycles. The molecule has 0 radical (unpaired) electrons. The molecule has 1 amide bonds. The quantitative estimate of drug-likeness (QED) is 0.304. The normalized spacial score (nSPS) is 33.2. The number of benzene rings is 1. The third-order valence-electron chi connectivity index (χ3n) is 8.82. The number of thioether (sulfide) groups is 1. The summed E-state index contributed by atoms with van der Waals surface area (Å²) >= 11 is 1.60. The molecule has 1 spiro atoms. The van der Waals surface area contributed by atoms with Gasteiger partial charge in [0.2, 0.25) is 11.1 Å². The van der Waals surface area contributed by atoms with Crippen LogP contribution in [0.15, 0.2) is 35.5 Å². The number of aliphatic hydroxyl groups is 2. The van der Waals surface area contributed by atoms with Gasteiger partial charge >= 0.3 is 0 Å². The van der Waals surface area contributed by atoms with Crippen LogP contribution in [0.3, 0.4) is 0 Å². The third-order valence-corrected chi connectivity index (χ3v) is 9.83. The van der Waals surface area contributed by atoms with Gasteiger partial charge in [-0.3, -0.25) is 4.79 Å². The predicted molar refractivity (Wildman–Crippen MR) is 147 cm³/mol. The highest BCUT2D eigenvalue weighted by atomic mass is 32.2. The zero-order valence-corrected chi connectivity index (χ0v) is 24.0. The van der Waals surface area contributed by atoms with E-state index in [2.05, 4.69) is 34.7 Å². The van der Waals surface area contributed by atoms with E-state index in [1.807, 2.05) is 51.1 Å². The predicted octanol–water partition coefficient (Wildman–Crippen LogP) is 3.83. The summed E-state index contributed by atoms with van der Waals surface area (Å²) in [5, 5.41) is 38.2. The van der Waals surface area contributed by atoms with Crippen molar-refractivity contribution in [2.24, 2.45) is 29.6 Å². The number of carbonyl (C=O) groups is 1. The van der Waals surface area contributed by atoms with E-state index in [9.17, 15) is 15.0 Å². The van der Waals surface area contributed by atoms with Crippen molar-refractivity contribution in [1.29, 1.82) is 0 Å². The molecule has 2 aliphatic heterocycles. The molecule has 0 unspecified atom stereocenters. The SMILES string of the molecule is CC[C@H]1C[C@H](C)[C@@]2(NC1=O)O[C@@H](C[C@H](O)[C@@H](C)CCCSc1nnnn1-c1ccccc1)[C@H](C)[C@H](O)[C@@H]2C. The summed E-state index contributed by atoms with van der Waals surface area (Å²) in [6.45, 7) is 10.1. The van der Waals surface area contributed by atoms with E-state index in [1.165, 1.54) is 0 Å². The molecule has 0 aliphatic carbocycles. The molecule has 3 heterocycles. The molecule has 2 saturated heterocycles. The number of amides is 1. The Hall–Kier alpha value is -2.01. The Morgan fingerprint density at radius 1 is 1.26 bits per heavy atom. The van der Waals surface area contributed by atoms with Gasteiger partial charge in [-0.05, 0) is 54.2 Å². The number of piperidine rings is 1. The molecule has 0 saturated carbocycles. The summed E-state index contributed by atoms with van der Waals surface area (Å²) in [5.74, 6) is 0.574. The molecule has 38 heavy (non-hydrogen) atoms. The van der Waals surface area contributed by atoms with Crippen molar-refractivity contribution < 1.29 is 19.7 Å². The van der Waals surface area contributed by atoms with E-state index >= 15 is 0 Å². The van der Waals surface area contributed by atoms with Crippen molar-refractivity contribution in [3.63, 3.8) is 0 Å². The van der Waals surface area contributed by atoms with Gasteiger partial charge in [-0.15, -0.1) is 5.10 Å². The third kappa shape index (κ3) is 5.93. The van der Waals surface area contributed by atoms with E-state index in [0.29, 0.717) is 6.42 Å². The zero-order chi connectivity index (χ0) is 27.4. The highest BCUT2D eigenvalue weighted by molar-refractivity contribution is 7.99. The number of ether oxygens (including phenoxy) is 1. The molecule has 1 aromatic heterocycles. The number of hydrogen-bond donors (Lipinski definition) is 3. The van der Waals surface area contributed by atoms with E-state index in [4.69, 9.17) is 4.74 Å². The molecule has 2 aromatic rings. The maximum atomic E-state index is 12.8. The minimum Gasteiger partial charge on any atom is -0.393 e. The van der Waals surface area contributed by atoms with Gasteiger partial charge in [0.15, 0.2) is 0 Å². The average Bonchev–Trinajstić information content (AvgIpc) is 3.39. The summed E-state index contributed by atoms with van der Waals surface area (Å²) in [5.41, 5.74) is 0.0233. The number of aliphatic hydroxyl groups excluding tert-OH is 2. The minimum atomic E-state index is -0.901. The van der Waals surface area contributed by atoms with Crippen LogP contribution in [0, 0.1) is 29.6 Å². The Morgan fingerprint density at radius 2 is 2.00 bits per heavy atom. The van der Waals surface area contributed by atoms with E-state index in [1.54, 1.807) is 16.4 Å². The summed E-state index contributed by atoms with van der Waals surface area (Å²) in [7, 11) is 0. The molecular formula is C28H43N5O4S. The average molecular weight is 546 g/mol. The number of rotatable bonds is 10. The van der Waals surface area contributed by atoms with Crippen LogP contribution < -0.4 is 5.32 Å². The van der Waals surface area contributed by atoms with E-state index in [-0.39, 0.29) is 41.6 Å². The number of hydrogen-bond acceptors (Lipinski definition) is 8. The fourth-order valence-corrected chi connectivity index (χ4v) is 6.93. The molecule has 210 valence electrons. The van der Waals surface area contributed by atoms with Crippen molar-refractivity contribution in [2.75, 3.05) is 5.75 Å². The second kappa shape index (κ2) is 12.4. The first-order valence-corrected chi connectivity index (χ1v) is 15.0. The van der Waals surface area contributed by atoms with Crippen LogP contribution in [0.1, 0.15) is 66.7 Å². The smallest absolute Gasteiger partial charge is 0.225 e. The molecule has 3 N–H and O–H groups in total. The zero-order valence-electron chi connectivity index (χ0n) is 23.2. The molecule has 0 bridgehead atoms. The van der Waals surface area contributed by atoms with Crippen LogP contribution in [0.25, 0.3) is 5.69 Å². The maximum Gasteiger partial charge on any atom is 0.225 e. The van der Waals surface area contributed by atoms with Crippen molar-refractivity contribution in [1.82, 2.24) is 25.5 Å². The van der Waals surface area contributed by atoms with Crippen LogP contribution in [0.5, 0.6) is 0 Å². The van der Waals surface area contributed by atoms with Crippen LogP contribution in [0.2, 0.25) is 0 Å². The Balaban J connectivity index is 1.31. The molecule has 9 nitrogen and oxygen atoms in total. The van der Waals surface area contributed by atoms with Gasteiger partial charge < -0.3 is 20.3 Å². The Kier molecular flexibility index (Phi) is 9.49. The van der Waals surface area contributed by atoms with Crippen molar-refractivity contribution >= 4 is 17.7 Å². The monoisotopic (exact) mass is 545 g/mol. The molecule has 4 rings (SSSR count). The summed E-state index contributed by atoms with van der Waals surface area (Å²) in [6.07, 6.45) is 2.17. The standard InChI is InChI=1S/C28H43N5O4S/c1-6-21-15-18(3)28(29-26(21)36)20(5)25(35)19(4)24(37-28)16-23(34)17(2)11-10-14-38-27-30-31-32-33(27)22-12-8-7-9-13-22/h7-9,12-13,17-21,23-25,34-35H,6,10-11,14-16H2,1-5H3,(H,29,36)/t17-,18-,19-,20-,21-,23-,24-,25-,28+/m0/s1. The number of aromatic nitrogens is 4. The number of nitrogens with zero attached hydrogens (tertiary/aromatic N) is 4. The molecule has 2 aliphatic rings. The fourth-order valence-electron chi connectivity index (χ4n) is 6.08. The van der Waals surface area contributed by atoms with Crippen molar-refractivity contribution in [3.8, 4) is 5.69 Å². The lowest BCUT2D eigenvalue weighted by molar-refractivity contribution is -0.267. The van der Waals surface area contributed by atoms with Gasteiger partial charge in [-0.1, -0.05) is 64.6 Å². The minimum absolute atomic E-state index is 0.00247. The first kappa shape index (κ1) is 29.0. The lowest BCUT2D eigenvalue weighted by Gasteiger charge is -2.56. The van der Waals surface area contributed by atoms with Crippen LogP contribution in [-0.4, -0.2) is 66.1 Å². The largest absolute Gasteiger partial charge is 0.393 e. The van der Waals surface area contributed by atoms with Gasteiger partial charge in [0.05, 0.1) is 24.0 Å². The van der Waals surface area contributed by atoms with Gasteiger partial charge in [-0.25, -0.2) is 0 Å². The molecular weight excluding hydrogens is 502 g/mol. The molecule has 10 heteroatoms. The number of tetrazole rings is 1. The Morgan fingerprint density at radius 3 is 2.71 bits per heavy atom. The maximum absolute atomic E-state index is 12.8. The van der Waals surface area contributed by atoms with Crippen LogP contribution in [0.4, 0.5) is 0 Å². The van der Waals surface area contributed by atoms with Crippen molar-refractivity contribution in [2.45, 2.75) is 95.9 Å². The number of carbonyl (C=O) groups excluding carboxylic acids is 1. The Bertz CT molecular complexity index is 1050. The first-order chi connectivity index (χ1) is 18.2. The van der Waals surface area contributed by atoms with Gasteiger partial charge in [-0.2, -0.15) is 4.68 Å². The Labute approximate surface area is 230 Å². The van der Waals surface area contributed by atoms with Crippen LogP contribution >= 0.6 is 11.8 Å². The topological polar surface area (TPSA) is 122 Å². The highest BCUT2D eigenvalue weighted by Gasteiger charge is 2.57. The molecule has 9 atom stereocenters. The summed E-state index contributed by atoms with van der Waals surface area (Å²) in [4.78, 5) is 12.8. The summed E-state index contributed by atoms with van der Waals surface area (Å²) in [6, 6.07) is 9.81. The first-order valence-electron chi connectivity index (χ1n) is 14.0. The van der Waals surface area contributed by atoms with Crippen LogP contribution in [-0.2, 0) is 9.53 Å². The number of nitrogens with one attached hydrogen (secondary N) is 1. The second-order valence-corrected chi connectivity index (χ2v) is 12.4. The van der Waals surface area contributed by atoms with Gasteiger partial charge in [0.1, 0.15) is 5.72 Å². The number of para-hydroxylation sites is 1. The van der Waals surface area contributed by atoms with Gasteiger partial charge in [0, 0.05) is 35.8 Å². The van der Waals surface area contributed by atoms with Gasteiger partial charge in [0.25, 0.3) is 0 Å². The van der Waals surface area contributed by atoms with E-state index < -0.39 is 17.9 Å². The highest BCUT2D eigenvalue weighted by Crippen LogP contribution is 2.46. The second-order valence-electron chi connectivity index (χ2n) is 11.3. The molecule has 2 fully saturated rings. The van der Waals surface area contributed by atoms with Crippen molar-refractivity contribution in [3.05, 3.63) is 30.3 Å². The summed E-state index contributed by atoms with van der Waals surface area (Å²) < 4.78 is 8.39. The van der Waals surface area contributed by atoms with E-state index in [0.717, 1.165) is 42.3 Å². The lowest BCUT2D eigenvalue weighted by Crippen LogP contribution is -2.71. The lowest BCUT2D eigenvalue weighted by atomic mass is 9.69. The fraction of sp³-hybridized carbons (Fsp3) is 0.714.